The summed E-state index contributed by atoms with van der Waals surface area (Å²) in [7, 11) is 0. The fourth-order valence-electron chi connectivity index (χ4n) is 4.67. The molecule has 0 bridgehead atoms. The van der Waals surface area contributed by atoms with Crippen molar-refractivity contribution in [2.45, 2.75) is 32.6 Å². The van der Waals surface area contributed by atoms with E-state index in [-0.39, 0.29) is 0 Å². The molecule has 1 aliphatic rings. The van der Waals surface area contributed by atoms with Crippen LogP contribution in [0.3, 0.4) is 0 Å². The molecule has 0 saturated carbocycles. The van der Waals surface area contributed by atoms with Crippen molar-refractivity contribution in [2.24, 2.45) is 0 Å². The van der Waals surface area contributed by atoms with E-state index in [1.807, 2.05) is 18.2 Å². The second kappa shape index (κ2) is 9.43. The van der Waals surface area contributed by atoms with Gasteiger partial charge < -0.3 is 5.32 Å². The van der Waals surface area contributed by atoms with Crippen LogP contribution in [0.4, 0.5) is 11.5 Å². The number of fused-ring (bicyclic) bond motifs is 1. The van der Waals surface area contributed by atoms with Crippen molar-refractivity contribution in [3.8, 4) is 33.1 Å². The summed E-state index contributed by atoms with van der Waals surface area (Å²) in [4.78, 5) is 6.12. The summed E-state index contributed by atoms with van der Waals surface area (Å²) in [5.74, 6) is 0.732. The van der Waals surface area contributed by atoms with Crippen molar-refractivity contribution in [3.63, 3.8) is 0 Å². The van der Waals surface area contributed by atoms with Crippen molar-refractivity contribution in [2.75, 3.05) is 5.32 Å². The molecular weight excluding hydrogens is 448 g/mol. The molecule has 1 N–H and O–H groups in total. The Morgan fingerprint density at radius 1 is 0.714 bits per heavy atom. The van der Waals surface area contributed by atoms with Crippen LogP contribution >= 0.6 is 11.3 Å². The molecule has 0 spiro atoms. The highest BCUT2D eigenvalue weighted by Gasteiger charge is 2.13. The van der Waals surface area contributed by atoms with Crippen LogP contribution < -0.4 is 5.32 Å². The molecular formula is C30H26N4S. The van der Waals surface area contributed by atoms with Crippen LogP contribution in [0.1, 0.15) is 28.8 Å². The van der Waals surface area contributed by atoms with Crippen LogP contribution in [0.5, 0.6) is 0 Å². The maximum atomic E-state index is 4.90. The van der Waals surface area contributed by atoms with E-state index in [0.29, 0.717) is 0 Å². The minimum atomic E-state index is 0.732. The van der Waals surface area contributed by atoms with Crippen LogP contribution in [-0.4, -0.2) is 15.2 Å². The minimum absolute atomic E-state index is 0.732. The summed E-state index contributed by atoms with van der Waals surface area (Å²) in [5.41, 5.74) is 9.27. The average molecular weight is 475 g/mol. The Morgan fingerprint density at radius 2 is 1.49 bits per heavy atom. The van der Waals surface area contributed by atoms with E-state index >= 15 is 0 Å². The second-order valence-electron chi connectivity index (χ2n) is 8.99. The van der Waals surface area contributed by atoms with Gasteiger partial charge in [0.05, 0.1) is 11.4 Å². The van der Waals surface area contributed by atoms with Crippen molar-refractivity contribution < 1.29 is 0 Å². The first kappa shape index (κ1) is 21.7. The Bertz CT molecular complexity index is 1460. The number of thiazole rings is 1. The van der Waals surface area contributed by atoms with Crippen LogP contribution in [-0.2, 0) is 12.8 Å². The molecule has 5 heteroatoms. The third kappa shape index (κ3) is 4.60. The van der Waals surface area contributed by atoms with Gasteiger partial charge >= 0.3 is 0 Å². The summed E-state index contributed by atoms with van der Waals surface area (Å²) in [5, 5.41) is 13.3. The van der Waals surface area contributed by atoms with E-state index in [0.717, 1.165) is 44.6 Å². The number of nitrogens with zero attached hydrogens (tertiary/aromatic N) is 3. The molecule has 35 heavy (non-hydrogen) atoms. The van der Waals surface area contributed by atoms with Crippen LogP contribution in [0.2, 0.25) is 0 Å². The lowest BCUT2D eigenvalue weighted by molar-refractivity contribution is 0.686. The molecule has 0 saturated heterocycles. The van der Waals surface area contributed by atoms with E-state index < -0.39 is 0 Å². The molecule has 2 heterocycles. The third-order valence-electron chi connectivity index (χ3n) is 6.56. The van der Waals surface area contributed by atoms with Gasteiger partial charge in [-0.15, -0.1) is 21.5 Å². The monoisotopic (exact) mass is 474 g/mol. The van der Waals surface area contributed by atoms with Gasteiger partial charge in [-0.2, -0.15) is 0 Å². The summed E-state index contributed by atoms with van der Waals surface area (Å²) >= 11 is 1.73. The Labute approximate surface area is 209 Å². The van der Waals surface area contributed by atoms with E-state index in [2.05, 4.69) is 89.2 Å². The molecule has 2 aromatic heterocycles. The van der Waals surface area contributed by atoms with Gasteiger partial charge in [-0.3, -0.25) is 0 Å². The standard InChI is InChI=1S/C30H26N4S/c1-20-29(32-30(35-20)23-8-3-2-4-9-23)22-13-15-26(16-14-22)31-28-18-17-27(33-34-28)25-12-11-21-7-5-6-10-24(21)19-25/h2-4,8-9,11-19H,5-7,10H2,1H3,(H,31,34). The first-order valence-electron chi connectivity index (χ1n) is 12.1. The largest absolute Gasteiger partial charge is 0.339 e. The van der Waals surface area contributed by atoms with Gasteiger partial charge in [0, 0.05) is 27.3 Å². The predicted octanol–water partition coefficient (Wildman–Crippen LogP) is 7.86. The topological polar surface area (TPSA) is 50.7 Å². The Balaban J connectivity index is 1.17. The Kier molecular flexibility index (Phi) is 5.84. The fourth-order valence-corrected chi connectivity index (χ4v) is 5.61. The minimum Gasteiger partial charge on any atom is -0.339 e. The van der Waals surface area contributed by atoms with Gasteiger partial charge in [0.25, 0.3) is 0 Å². The molecule has 0 atom stereocenters. The highest BCUT2D eigenvalue weighted by Crippen LogP contribution is 2.34. The number of rotatable bonds is 5. The maximum absolute atomic E-state index is 4.90. The molecule has 6 rings (SSSR count). The quantitative estimate of drug-likeness (QED) is 0.282. The van der Waals surface area contributed by atoms with Gasteiger partial charge in [0.1, 0.15) is 5.01 Å². The lowest BCUT2D eigenvalue weighted by Gasteiger charge is -2.16. The lowest BCUT2D eigenvalue weighted by Crippen LogP contribution is -2.02. The van der Waals surface area contributed by atoms with E-state index in [4.69, 9.17) is 4.98 Å². The number of anilines is 2. The molecule has 172 valence electrons. The molecule has 0 aliphatic heterocycles. The SMILES string of the molecule is Cc1sc(-c2ccccc2)nc1-c1ccc(Nc2ccc(-c3ccc4c(c3)CCCC4)nn2)cc1. The summed E-state index contributed by atoms with van der Waals surface area (Å²) < 4.78 is 0. The number of benzene rings is 3. The van der Waals surface area contributed by atoms with Crippen LogP contribution in [0.25, 0.3) is 33.1 Å². The van der Waals surface area contributed by atoms with Crippen molar-refractivity contribution in [1.82, 2.24) is 15.2 Å². The normalized spacial score (nSPS) is 12.8. The molecule has 1 aliphatic carbocycles. The highest BCUT2D eigenvalue weighted by molar-refractivity contribution is 7.15. The molecule has 0 unspecified atom stereocenters. The van der Waals surface area contributed by atoms with Crippen molar-refractivity contribution >= 4 is 22.8 Å². The number of aromatic nitrogens is 3. The van der Waals surface area contributed by atoms with Crippen molar-refractivity contribution in [3.05, 3.63) is 101 Å². The first-order valence-corrected chi connectivity index (χ1v) is 12.9. The average Bonchev–Trinajstić information content (AvgIpc) is 3.31. The maximum Gasteiger partial charge on any atom is 0.153 e. The molecule has 0 amide bonds. The summed E-state index contributed by atoms with van der Waals surface area (Å²) in [6.45, 7) is 2.13. The molecule has 5 aromatic rings. The molecule has 3 aromatic carbocycles. The zero-order valence-electron chi connectivity index (χ0n) is 19.7. The zero-order chi connectivity index (χ0) is 23.6. The summed E-state index contributed by atoms with van der Waals surface area (Å²) in [6.07, 6.45) is 4.94. The zero-order valence-corrected chi connectivity index (χ0v) is 20.5. The second-order valence-corrected chi connectivity index (χ2v) is 10.2. The van der Waals surface area contributed by atoms with Gasteiger partial charge in [0.2, 0.25) is 0 Å². The first-order chi connectivity index (χ1) is 17.2. The van der Waals surface area contributed by atoms with E-state index in [9.17, 15) is 0 Å². The van der Waals surface area contributed by atoms with Gasteiger partial charge in [-0.25, -0.2) is 4.98 Å². The van der Waals surface area contributed by atoms with Crippen LogP contribution in [0, 0.1) is 6.92 Å². The number of hydrogen-bond acceptors (Lipinski definition) is 5. The molecule has 4 nitrogen and oxygen atoms in total. The number of nitrogens with one attached hydrogen (secondary N) is 1. The Hall–Kier alpha value is -3.83. The number of hydrogen-bond donors (Lipinski definition) is 1. The fraction of sp³-hybridized carbons (Fsp3) is 0.167. The molecule has 0 radical (unpaired) electrons. The van der Waals surface area contributed by atoms with Crippen molar-refractivity contribution in [1.29, 1.82) is 0 Å². The van der Waals surface area contributed by atoms with Gasteiger partial charge in [-0.1, -0.05) is 54.6 Å². The molecule has 0 fully saturated rings. The van der Waals surface area contributed by atoms with Crippen LogP contribution in [0.15, 0.2) is 84.9 Å². The third-order valence-corrected chi connectivity index (χ3v) is 7.58. The van der Waals surface area contributed by atoms with E-state index in [1.54, 1.807) is 11.3 Å². The van der Waals surface area contributed by atoms with Gasteiger partial charge in [0.15, 0.2) is 5.82 Å². The smallest absolute Gasteiger partial charge is 0.153 e. The highest BCUT2D eigenvalue weighted by atomic mass is 32.1. The van der Waals surface area contributed by atoms with E-state index in [1.165, 1.54) is 41.7 Å². The predicted molar refractivity (Wildman–Crippen MR) is 145 cm³/mol. The summed E-state index contributed by atoms with van der Waals surface area (Å²) in [6, 6.07) is 29.4. The Morgan fingerprint density at radius 3 is 2.26 bits per heavy atom. The lowest BCUT2D eigenvalue weighted by atomic mass is 9.90. The van der Waals surface area contributed by atoms with Gasteiger partial charge in [-0.05, 0) is 74.1 Å². The number of aryl methyl sites for hydroxylation is 3.